The van der Waals surface area contributed by atoms with Gasteiger partial charge in [0.15, 0.2) is 0 Å². The first-order valence-corrected chi connectivity index (χ1v) is 7.38. The van der Waals surface area contributed by atoms with Crippen molar-refractivity contribution in [3.63, 3.8) is 0 Å². The van der Waals surface area contributed by atoms with Gasteiger partial charge in [0.05, 0.1) is 24.9 Å². The number of hydrogen-bond donors (Lipinski definition) is 1. The van der Waals surface area contributed by atoms with E-state index in [1.807, 2.05) is 0 Å². The fourth-order valence-electron chi connectivity index (χ4n) is 3.54. The quantitative estimate of drug-likeness (QED) is 0.802. The van der Waals surface area contributed by atoms with E-state index in [0.717, 1.165) is 19.7 Å². The molecule has 2 saturated heterocycles. The van der Waals surface area contributed by atoms with Crippen LogP contribution < -0.4 is 5.43 Å². The van der Waals surface area contributed by atoms with Crippen LogP contribution in [0.4, 0.5) is 0 Å². The summed E-state index contributed by atoms with van der Waals surface area (Å²) >= 11 is 0. The molecule has 0 aromatic carbocycles. The molecule has 0 radical (unpaired) electrons. The summed E-state index contributed by atoms with van der Waals surface area (Å²) in [5.41, 5.74) is 6.33. The molecular formula is C15H21N3O. The topological polar surface area (TPSA) is 27.7 Å². The highest BCUT2D eigenvalue weighted by Gasteiger charge is 2.37. The van der Waals surface area contributed by atoms with Gasteiger partial charge in [-0.05, 0) is 31.5 Å². The van der Waals surface area contributed by atoms with Crippen LogP contribution in [-0.4, -0.2) is 54.8 Å². The lowest BCUT2D eigenvalue weighted by molar-refractivity contribution is -0.0157. The summed E-state index contributed by atoms with van der Waals surface area (Å²) in [6.45, 7) is 5.28. The molecule has 2 fully saturated rings. The zero-order valence-electron chi connectivity index (χ0n) is 11.2. The molecule has 3 aliphatic heterocycles. The van der Waals surface area contributed by atoms with E-state index in [2.05, 4.69) is 39.6 Å². The third-order valence-corrected chi connectivity index (χ3v) is 4.47. The van der Waals surface area contributed by atoms with Crippen molar-refractivity contribution in [2.24, 2.45) is 0 Å². The monoisotopic (exact) mass is 259 g/mol. The van der Waals surface area contributed by atoms with Crippen LogP contribution in [0.1, 0.15) is 12.8 Å². The van der Waals surface area contributed by atoms with Crippen molar-refractivity contribution in [2.75, 3.05) is 32.8 Å². The van der Waals surface area contributed by atoms with E-state index in [1.165, 1.54) is 37.2 Å². The molecule has 4 nitrogen and oxygen atoms in total. The summed E-state index contributed by atoms with van der Waals surface area (Å²) in [6.07, 6.45) is 11.6. The molecule has 1 aliphatic carbocycles. The van der Waals surface area contributed by atoms with E-state index in [1.54, 1.807) is 0 Å². The lowest BCUT2D eigenvalue weighted by Gasteiger charge is -2.35. The van der Waals surface area contributed by atoms with Gasteiger partial charge in [-0.25, -0.2) is 5.43 Å². The van der Waals surface area contributed by atoms with E-state index in [9.17, 15) is 0 Å². The minimum absolute atomic E-state index is 0.232. The molecule has 4 aliphatic rings. The lowest BCUT2D eigenvalue weighted by atomic mass is 9.99. The number of morpholine rings is 1. The average molecular weight is 259 g/mol. The van der Waals surface area contributed by atoms with Gasteiger partial charge in [-0.1, -0.05) is 24.3 Å². The zero-order chi connectivity index (χ0) is 12.7. The van der Waals surface area contributed by atoms with Crippen LogP contribution in [0.2, 0.25) is 0 Å². The number of nitrogens with one attached hydrogen (secondary N) is 1. The molecule has 4 heteroatoms. The van der Waals surface area contributed by atoms with Crippen molar-refractivity contribution in [3.8, 4) is 0 Å². The van der Waals surface area contributed by atoms with Crippen molar-refractivity contribution in [3.05, 3.63) is 35.6 Å². The Morgan fingerprint density at radius 3 is 3.00 bits per heavy atom. The van der Waals surface area contributed by atoms with E-state index >= 15 is 0 Å². The Kier molecular flexibility index (Phi) is 2.94. The Hall–Kier alpha value is -1.10. The molecule has 19 heavy (non-hydrogen) atoms. The highest BCUT2D eigenvalue weighted by Crippen LogP contribution is 2.31. The molecule has 0 saturated carbocycles. The van der Waals surface area contributed by atoms with Crippen LogP contribution in [0.3, 0.4) is 0 Å². The summed E-state index contributed by atoms with van der Waals surface area (Å²) in [5, 5.41) is 2.31. The number of allylic oxidation sites excluding steroid dienone is 2. The van der Waals surface area contributed by atoms with Crippen LogP contribution in [0.5, 0.6) is 0 Å². The number of likely N-dealkylation sites (tertiary alicyclic amines) is 1. The normalized spacial score (nSPS) is 34.0. The molecular weight excluding hydrogens is 238 g/mol. The van der Waals surface area contributed by atoms with Gasteiger partial charge in [0.25, 0.3) is 0 Å². The van der Waals surface area contributed by atoms with Crippen LogP contribution in [-0.2, 0) is 4.74 Å². The summed E-state index contributed by atoms with van der Waals surface area (Å²) in [5.74, 6) is 0. The maximum Gasteiger partial charge on any atom is 0.112 e. The highest BCUT2D eigenvalue weighted by atomic mass is 16.5. The Bertz CT molecular complexity index is 448. The Labute approximate surface area is 114 Å². The van der Waals surface area contributed by atoms with Crippen LogP contribution >= 0.6 is 0 Å². The van der Waals surface area contributed by atoms with Gasteiger partial charge in [0.1, 0.15) is 6.10 Å². The van der Waals surface area contributed by atoms with Crippen LogP contribution in [0.15, 0.2) is 35.6 Å². The first-order chi connectivity index (χ1) is 9.42. The summed E-state index contributed by atoms with van der Waals surface area (Å²) in [7, 11) is 0. The van der Waals surface area contributed by atoms with Crippen molar-refractivity contribution in [2.45, 2.75) is 25.0 Å². The molecule has 0 aromatic heterocycles. The van der Waals surface area contributed by atoms with E-state index < -0.39 is 0 Å². The predicted octanol–water partition coefficient (Wildman–Crippen LogP) is 1.05. The largest absolute Gasteiger partial charge is 0.369 e. The van der Waals surface area contributed by atoms with Gasteiger partial charge in [-0.15, -0.1) is 0 Å². The van der Waals surface area contributed by atoms with E-state index in [0.29, 0.717) is 6.04 Å². The second-order valence-corrected chi connectivity index (χ2v) is 5.71. The van der Waals surface area contributed by atoms with E-state index in [4.69, 9.17) is 4.74 Å². The molecule has 0 amide bonds. The summed E-state index contributed by atoms with van der Waals surface area (Å²) in [6, 6.07) is 0.350. The zero-order valence-corrected chi connectivity index (χ0v) is 11.2. The highest BCUT2D eigenvalue weighted by molar-refractivity contribution is 5.44. The minimum Gasteiger partial charge on any atom is -0.369 e. The smallest absolute Gasteiger partial charge is 0.112 e. The van der Waals surface area contributed by atoms with Crippen molar-refractivity contribution >= 4 is 0 Å². The number of rotatable bonds is 2. The molecule has 3 heterocycles. The predicted molar refractivity (Wildman–Crippen MR) is 74.3 cm³/mol. The third-order valence-electron chi connectivity index (χ3n) is 4.47. The number of fused-ring (bicyclic) bond motifs is 2. The van der Waals surface area contributed by atoms with Crippen molar-refractivity contribution in [1.29, 1.82) is 0 Å². The summed E-state index contributed by atoms with van der Waals surface area (Å²) < 4.78 is 6.06. The lowest BCUT2D eigenvalue weighted by Crippen LogP contribution is -2.48. The second-order valence-electron chi connectivity index (χ2n) is 5.71. The third kappa shape index (κ3) is 2.04. The minimum atomic E-state index is 0.232. The molecule has 0 spiro atoms. The molecule has 4 rings (SSSR count). The Morgan fingerprint density at radius 2 is 2.11 bits per heavy atom. The molecule has 102 valence electrons. The number of hydrazine groups is 1. The second kappa shape index (κ2) is 4.78. The van der Waals surface area contributed by atoms with Gasteiger partial charge in [-0.2, -0.15) is 0 Å². The fourth-order valence-corrected chi connectivity index (χ4v) is 3.54. The van der Waals surface area contributed by atoms with Gasteiger partial charge < -0.3 is 14.6 Å². The van der Waals surface area contributed by atoms with Gasteiger partial charge in [0.2, 0.25) is 0 Å². The first-order valence-electron chi connectivity index (χ1n) is 7.38. The Balaban J connectivity index is 1.59. The SMILES string of the molecule is C1=CC2=C3C(CN4CCCC4)OCCN3NC2C=C1. The van der Waals surface area contributed by atoms with E-state index in [-0.39, 0.29) is 6.10 Å². The number of hydrogen-bond acceptors (Lipinski definition) is 4. The van der Waals surface area contributed by atoms with Gasteiger partial charge in [-0.3, -0.25) is 0 Å². The van der Waals surface area contributed by atoms with Gasteiger partial charge >= 0.3 is 0 Å². The standard InChI is InChI=1S/C15H21N3O/c1-2-6-13-12(5-1)15-14(11-17-7-3-4-8-17)19-10-9-18(15)16-13/h1-2,5-6,13-14,16H,3-4,7-11H2. The molecule has 0 aromatic rings. The maximum atomic E-state index is 6.06. The van der Waals surface area contributed by atoms with Crippen molar-refractivity contribution in [1.82, 2.24) is 15.3 Å². The average Bonchev–Trinajstić information content (AvgIpc) is 3.05. The number of ether oxygens (including phenoxy) is 1. The number of nitrogens with zero attached hydrogens (tertiary/aromatic N) is 2. The summed E-state index contributed by atoms with van der Waals surface area (Å²) in [4.78, 5) is 2.54. The van der Waals surface area contributed by atoms with Gasteiger partial charge in [0, 0.05) is 6.54 Å². The molecule has 2 atom stereocenters. The fraction of sp³-hybridized carbons (Fsp3) is 0.600. The Morgan fingerprint density at radius 1 is 1.21 bits per heavy atom. The maximum absolute atomic E-state index is 6.06. The van der Waals surface area contributed by atoms with Crippen molar-refractivity contribution < 1.29 is 4.74 Å². The molecule has 1 N–H and O–H groups in total. The van der Waals surface area contributed by atoms with Crippen LogP contribution in [0, 0.1) is 0 Å². The molecule has 0 bridgehead atoms. The molecule has 2 unspecified atom stereocenters. The first kappa shape index (κ1) is 11.7. The van der Waals surface area contributed by atoms with Crippen LogP contribution in [0.25, 0.3) is 0 Å².